The molecule has 3 amide bonds. The van der Waals surface area contributed by atoms with Gasteiger partial charge in [0.2, 0.25) is 11.8 Å². The predicted molar refractivity (Wildman–Crippen MR) is 141 cm³/mol. The fourth-order valence-electron chi connectivity index (χ4n) is 3.44. The number of alkyl carbamates (subject to hydrolysis) is 1. The second-order valence-corrected chi connectivity index (χ2v) is 9.66. The quantitative estimate of drug-likeness (QED) is 0.252. The summed E-state index contributed by atoms with van der Waals surface area (Å²) in [4.78, 5) is 52.8. The Labute approximate surface area is 220 Å². The number of benzene rings is 1. The molecule has 2 atom stereocenters. The van der Waals surface area contributed by atoms with E-state index in [1.807, 2.05) is 0 Å². The van der Waals surface area contributed by atoms with E-state index in [1.165, 1.54) is 11.0 Å². The Morgan fingerprint density at radius 3 is 2.27 bits per heavy atom. The molecule has 1 aromatic carbocycles. The standard InChI is InChI=1S/C28H39N3O6/c1-9-18-31(26(34)23(19(4)5)30-27(35)37-28(6,7)8)24(21-14-12-20(10-2)13-15-21)25(33)29-17-16-22(32)36-11-3/h2,9,12-15,19,23-24H,1,11,16-18H2,3-8H3,(H,29,33)(H,30,35). The van der Waals surface area contributed by atoms with Crippen molar-refractivity contribution in [3.63, 3.8) is 0 Å². The van der Waals surface area contributed by atoms with Crippen LogP contribution in [0.5, 0.6) is 0 Å². The molecule has 1 rings (SSSR count). The summed E-state index contributed by atoms with van der Waals surface area (Å²) >= 11 is 0. The molecule has 9 heteroatoms. The molecule has 0 saturated carbocycles. The van der Waals surface area contributed by atoms with Crippen LogP contribution in [-0.2, 0) is 23.9 Å². The first kappa shape index (κ1) is 31.2. The SMILES string of the molecule is C#Cc1ccc(C(C(=O)NCCC(=O)OCC)N(CC=C)C(=O)C(NC(=O)OC(C)(C)C)C(C)C)cc1. The monoisotopic (exact) mass is 513 g/mol. The smallest absolute Gasteiger partial charge is 0.408 e. The lowest BCUT2D eigenvalue weighted by atomic mass is 9.98. The van der Waals surface area contributed by atoms with Gasteiger partial charge in [-0.2, -0.15) is 0 Å². The lowest BCUT2D eigenvalue weighted by Gasteiger charge is -2.35. The average Bonchev–Trinajstić information content (AvgIpc) is 2.81. The maximum absolute atomic E-state index is 13.8. The Kier molecular flexibility index (Phi) is 12.4. The second-order valence-electron chi connectivity index (χ2n) is 9.66. The second kappa shape index (κ2) is 14.7. The minimum atomic E-state index is -1.08. The van der Waals surface area contributed by atoms with Crippen molar-refractivity contribution in [3.05, 3.63) is 48.0 Å². The van der Waals surface area contributed by atoms with E-state index in [-0.39, 0.29) is 32.0 Å². The van der Waals surface area contributed by atoms with Crippen molar-refractivity contribution in [3.8, 4) is 12.3 Å². The van der Waals surface area contributed by atoms with Crippen LogP contribution < -0.4 is 10.6 Å². The van der Waals surface area contributed by atoms with Crippen LogP contribution >= 0.6 is 0 Å². The number of nitrogens with one attached hydrogen (secondary N) is 2. The first-order valence-corrected chi connectivity index (χ1v) is 12.2. The molecule has 0 aliphatic carbocycles. The van der Waals surface area contributed by atoms with Crippen molar-refractivity contribution < 1.29 is 28.7 Å². The van der Waals surface area contributed by atoms with Crippen LogP contribution in [0.25, 0.3) is 0 Å². The number of hydrogen-bond acceptors (Lipinski definition) is 6. The van der Waals surface area contributed by atoms with Gasteiger partial charge in [-0.3, -0.25) is 14.4 Å². The largest absolute Gasteiger partial charge is 0.466 e. The average molecular weight is 514 g/mol. The number of carbonyl (C=O) groups is 4. The van der Waals surface area contributed by atoms with Crippen LogP contribution in [0.3, 0.4) is 0 Å². The molecule has 0 aliphatic heterocycles. The third kappa shape index (κ3) is 10.4. The minimum absolute atomic E-state index is 0.0188. The van der Waals surface area contributed by atoms with Crippen molar-refractivity contribution in [2.24, 2.45) is 5.92 Å². The number of esters is 1. The third-order valence-corrected chi connectivity index (χ3v) is 5.10. The summed E-state index contributed by atoms with van der Waals surface area (Å²) in [5.74, 6) is 0.759. The van der Waals surface area contributed by atoms with Gasteiger partial charge in [0.05, 0.1) is 13.0 Å². The zero-order valence-corrected chi connectivity index (χ0v) is 22.6. The molecule has 1 aromatic rings. The number of amides is 3. The number of terminal acetylenes is 1. The Balaban J connectivity index is 3.36. The molecule has 9 nitrogen and oxygen atoms in total. The molecule has 37 heavy (non-hydrogen) atoms. The number of nitrogens with zero attached hydrogens (tertiary/aromatic N) is 1. The highest BCUT2D eigenvalue weighted by Crippen LogP contribution is 2.24. The summed E-state index contributed by atoms with van der Waals surface area (Å²) in [6.45, 7) is 14.4. The Bertz CT molecular complexity index is 989. The van der Waals surface area contributed by atoms with E-state index >= 15 is 0 Å². The third-order valence-electron chi connectivity index (χ3n) is 5.10. The maximum atomic E-state index is 13.8. The summed E-state index contributed by atoms with van der Waals surface area (Å²) in [5, 5.41) is 5.35. The molecule has 0 aromatic heterocycles. The van der Waals surface area contributed by atoms with E-state index in [0.717, 1.165) is 0 Å². The predicted octanol–water partition coefficient (Wildman–Crippen LogP) is 3.34. The van der Waals surface area contributed by atoms with Gasteiger partial charge in [-0.05, 0) is 51.3 Å². The van der Waals surface area contributed by atoms with Crippen LogP contribution in [-0.4, -0.2) is 60.1 Å². The number of hydrogen-bond donors (Lipinski definition) is 2. The van der Waals surface area contributed by atoms with Gasteiger partial charge >= 0.3 is 12.1 Å². The van der Waals surface area contributed by atoms with Gasteiger partial charge in [0.15, 0.2) is 0 Å². The zero-order chi connectivity index (χ0) is 28.2. The molecule has 0 fully saturated rings. The van der Waals surface area contributed by atoms with Crippen molar-refractivity contribution in [1.82, 2.24) is 15.5 Å². The molecule has 0 heterocycles. The molecule has 0 spiro atoms. The summed E-state index contributed by atoms with van der Waals surface area (Å²) in [5.41, 5.74) is 0.358. The van der Waals surface area contributed by atoms with E-state index in [9.17, 15) is 19.2 Å². The topological polar surface area (TPSA) is 114 Å². The van der Waals surface area contributed by atoms with Crippen LogP contribution in [0, 0.1) is 18.3 Å². The first-order valence-electron chi connectivity index (χ1n) is 12.2. The van der Waals surface area contributed by atoms with Crippen molar-refractivity contribution >= 4 is 23.9 Å². The molecule has 0 radical (unpaired) electrons. The highest BCUT2D eigenvalue weighted by molar-refractivity contribution is 5.92. The lowest BCUT2D eigenvalue weighted by Crippen LogP contribution is -2.55. The van der Waals surface area contributed by atoms with Crippen LogP contribution in [0.2, 0.25) is 0 Å². The number of rotatable bonds is 12. The normalized spacial score (nSPS) is 12.5. The summed E-state index contributed by atoms with van der Waals surface area (Å²) < 4.78 is 10.2. The van der Waals surface area contributed by atoms with E-state index in [2.05, 4.69) is 23.1 Å². The van der Waals surface area contributed by atoms with Gasteiger partial charge in [-0.15, -0.1) is 13.0 Å². The minimum Gasteiger partial charge on any atom is -0.466 e. The Morgan fingerprint density at radius 2 is 1.78 bits per heavy atom. The molecular formula is C28H39N3O6. The van der Waals surface area contributed by atoms with Gasteiger partial charge < -0.3 is 25.0 Å². The summed E-state index contributed by atoms with van der Waals surface area (Å²) in [7, 11) is 0. The van der Waals surface area contributed by atoms with Gasteiger partial charge in [-0.25, -0.2) is 4.79 Å². The van der Waals surface area contributed by atoms with Crippen molar-refractivity contribution in [2.45, 2.75) is 65.6 Å². The molecule has 2 unspecified atom stereocenters. The van der Waals surface area contributed by atoms with Gasteiger partial charge in [-0.1, -0.05) is 38.0 Å². The fraction of sp³-hybridized carbons (Fsp3) is 0.500. The van der Waals surface area contributed by atoms with E-state index in [0.29, 0.717) is 11.1 Å². The van der Waals surface area contributed by atoms with Gasteiger partial charge in [0.25, 0.3) is 0 Å². The Morgan fingerprint density at radius 1 is 1.16 bits per heavy atom. The molecule has 202 valence electrons. The lowest BCUT2D eigenvalue weighted by molar-refractivity contribution is -0.144. The zero-order valence-electron chi connectivity index (χ0n) is 22.6. The van der Waals surface area contributed by atoms with E-state index in [1.54, 1.807) is 65.8 Å². The highest BCUT2D eigenvalue weighted by Gasteiger charge is 2.37. The van der Waals surface area contributed by atoms with E-state index < -0.39 is 41.6 Å². The van der Waals surface area contributed by atoms with Crippen LogP contribution in [0.4, 0.5) is 4.79 Å². The number of carbonyl (C=O) groups excluding carboxylic acids is 4. The summed E-state index contributed by atoms with van der Waals surface area (Å²) in [6.07, 6.45) is 6.20. The number of ether oxygens (including phenoxy) is 2. The fourth-order valence-corrected chi connectivity index (χ4v) is 3.44. The molecule has 0 bridgehead atoms. The highest BCUT2D eigenvalue weighted by atomic mass is 16.6. The maximum Gasteiger partial charge on any atom is 0.408 e. The van der Waals surface area contributed by atoms with Gasteiger partial charge in [0.1, 0.15) is 17.7 Å². The molecule has 0 aliphatic rings. The van der Waals surface area contributed by atoms with Crippen LogP contribution in [0.15, 0.2) is 36.9 Å². The summed E-state index contributed by atoms with van der Waals surface area (Å²) in [6, 6.07) is 4.61. The first-order chi connectivity index (χ1) is 17.3. The molecular weight excluding hydrogens is 474 g/mol. The van der Waals surface area contributed by atoms with Crippen molar-refractivity contribution in [1.29, 1.82) is 0 Å². The van der Waals surface area contributed by atoms with Gasteiger partial charge in [0, 0.05) is 18.7 Å². The van der Waals surface area contributed by atoms with E-state index in [4.69, 9.17) is 15.9 Å². The Hall–Kier alpha value is -3.80. The molecule has 2 N–H and O–H groups in total. The van der Waals surface area contributed by atoms with Crippen molar-refractivity contribution in [2.75, 3.05) is 19.7 Å². The van der Waals surface area contributed by atoms with Crippen LogP contribution in [0.1, 0.15) is 65.1 Å². The molecule has 0 saturated heterocycles.